The van der Waals surface area contributed by atoms with Crippen LogP contribution in [-0.4, -0.2) is 30.4 Å². The van der Waals surface area contributed by atoms with Gasteiger partial charge in [0.25, 0.3) is 5.91 Å². The van der Waals surface area contributed by atoms with Gasteiger partial charge >= 0.3 is 0 Å². The molecule has 3 aromatic rings. The summed E-state index contributed by atoms with van der Waals surface area (Å²) >= 11 is 1.28. The Kier molecular flexibility index (Phi) is 5.15. The maximum atomic E-state index is 12.1. The van der Waals surface area contributed by atoms with Crippen LogP contribution >= 0.6 is 11.3 Å². The molecule has 5 nitrogen and oxygen atoms in total. The molecule has 2 amide bonds. The first kappa shape index (κ1) is 18.9. The zero-order valence-corrected chi connectivity index (χ0v) is 16.8. The van der Waals surface area contributed by atoms with E-state index in [4.69, 9.17) is 6.42 Å². The van der Waals surface area contributed by atoms with Gasteiger partial charge in [-0.3, -0.25) is 9.59 Å². The van der Waals surface area contributed by atoms with Gasteiger partial charge in [0.05, 0.1) is 6.42 Å². The van der Waals surface area contributed by atoms with Gasteiger partial charge in [-0.25, -0.2) is 4.98 Å². The molecule has 0 bridgehead atoms. The van der Waals surface area contributed by atoms with Crippen molar-refractivity contribution in [2.45, 2.75) is 12.8 Å². The lowest BCUT2D eigenvalue weighted by molar-refractivity contribution is -0.117. The van der Waals surface area contributed by atoms with Crippen LogP contribution < -0.4 is 10.2 Å². The molecule has 1 aromatic heterocycles. The molecule has 0 radical (unpaired) electrons. The first-order valence-electron chi connectivity index (χ1n) is 9.25. The van der Waals surface area contributed by atoms with Crippen LogP contribution in [0.3, 0.4) is 0 Å². The van der Waals surface area contributed by atoms with Gasteiger partial charge in [0.1, 0.15) is 5.69 Å². The molecule has 0 atom stereocenters. The average molecular weight is 401 g/mol. The van der Waals surface area contributed by atoms with Gasteiger partial charge in [0.15, 0.2) is 5.01 Å². The number of rotatable bonds is 5. The number of fused-ring (bicyclic) bond motifs is 1. The molecule has 144 valence electrons. The number of benzene rings is 2. The van der Waals surface area contributed by atoms with Crippen LogP contribution in [0.25, 0.3) is 11.1 Å². The van der Waals surface area contributed by atoms with Gasteiger partial charge in [-0.15, -0.1) is 17.8 Å². The normalized spacial score (nSPS) is 12.6. The summed E-state index contributed by atoms with van der Waals surface area (Å²) in [5.74, 6) is 2.33. The number of nitrogens with zero attached hydrogens (tertiary/aromatic N) is 2. The second-order valence-corrected chi connectivity index (χ2v) is 7.68. The first-order valence-corrected chi connectivity index (χ1v) is 10.1. The van der Waals surface area contributed by atoms with Gasteiger partial charge in [0, 0.05) is 24.7 Å². The number of aromatic nitrogens is 1. The quantitative estimate of drug-likeness (QED) is 0.668. The summed E-state index contributed by atoms with van der Waals surface area (Å²) in [6.45, 7) is 0.515. The molecule has 0 aliphatic carbocycles. The maximum Gasteiger partial charge on any atom is 0.270 e. The third-order valence-electron chi connectivity index (χ3n) is 5.04. The predicted octanol–water partition coefficient (Wildman–Crippen LogP) is 3.28. The lowest BCUT2D eigenvalue weighted by Gasteiger charge is -2.12. The van der Waals surface area contributed by atoms with E-state index in [-0.39, 0.29) is 11.8 Å². The summed E-state index contributed by atoms with van der Waals surface area (Å²) in [7, 11) is 1.81. The van der Waals surface area contributed by atoms with Crippen molar-refractivity contribution < 1.29 is 9.59 Å². The largest absolute Gasteiger partial charge is 0.350 e. The Hall–Kier alpha value is -3.43. The smallest absolute Gasteiger partial charge is 0.270 e. The van der Waals surface area contributed by atoms with Crippen molar-refractivity contribution in [3.63, 3.8) is 0 Å². The number of carbonyl (C=O) groups is 2. The highest BCUT2D eigenvalue weighted by atomic mass is 32.1. The minimum absolute atomic E-state index is 0.120. The van der Waals surface area contributed by atoms with Gasteiger partial charge in [0.2, 0.25) is 5.91 Å². The molecule has 2 aromatic carbocycles. The van der Waals surface area contributed by atoms with Crippen LogP contribution in [0.5, 0.6) is 0 Å². The number of terminal acetylenes is 1. The van der Waals surface area contributed by atoms with E-state index in [1.165, 1.54) is 11.3 Å². The predicted molar refractivity (Wildman–Crippen MR) is 115 cm³/mol. The fourth-order valence-corrected chi connectivity index (χ4v) is 4.06. The van der Waals surface area contributed by atoms with E-state index >= 15 is 0 Å². The van der Waals surface area contributed by atoms with Gasteiger partial charge in [-0.05, 0) is 40.7 Å². The molecule has 0 spiro atoms. The summed E-state index contributed by atoms with van der Waals surface area (Å²) in [4.78, 5) is 29.9. The number of carbonyl (C=O) groups excluding carboxylic acids is 2. The number of amides is 2. The lowest BCUT2D eigenvalue weighted by atomic mass is 9.96. The molecule has 0 saturated carbocycles. The summed E-state index contributed by atoms with van der Waals surface area (Å²) in [5, 5.41) is 5.04. The van der Waals surface area contributed by atoms with E-state index in [0.717, 1.165) is 27.9 Å². The van der Waals surface area contributed by atoms with E-state index in [1.807, 2.05) is 19.2 Å². The fraction of sp³-hybridized carbons (Fsp3) is 0.174. The minimum Gasteiger partial charge on any atom is -0.350 e. The SMILES string of the molecule is C#Cc1nc(C(=O)NCCc2ccc(-c3cccc4c3CC(=O)N4C)cc2)cs1. The number of thiazole rings is 1. The van der Waals surface area contributed by atoms with Gasteiger partial charge in [-0.1, -0.05) is 36.4 Å². The Morgan fingerprint density at radius 3 is 2.79 bits per heavy atom. The molecule has 2 heterocycles. The molecule has 1 N–H and O–H groups in total. The summed E-state index contributed by atoms with van der Waals surface area (Å²) in [6.07, 6.45) is 6.44. The Morgan fingerprint density at radius 1 is 1.28 bits per heavy atom. The Morgan fingerprint density at radius 2 is 2.07 bits per heavy atom. The lowest BCUT2D eigenvalue weighted by Crippen LogP contribution is -2.25. The number of likely N-dealkylation sites (N-methyl/N-ethyl adjacent to an activating group) is 1. The van der Waals surface area contributed by atoms with Crippen LogP contribution in [0.15, 0.2) is 47.8 Å². The number of hydrogen-bond acceptors (Lipinski definition) is 4. The molecular weight excluding hydrogens is 382 g/mol. The van der Waals surface area contributed by atoms with Gasteiger partial charge < -0.3 is 10.2 Å². The van der Waals surface area contributed by atoms with Crippen molar-refractivity contribution in [3.05, 3.63) is 69.7 Å². The number of nitrogens with one attached hydrogen (secondary N) is 1. The Balaban J connectivity index is 1.40. The Labute approximate surface area is 173 Å². The molecule has 0 unspecified atom stereocenters. The summed E-state index contributed by atoms with van der Waals surface area (Å²) < 4.78 is 0. The third-order valence-corrected chi connectivity index (χ3v) is 5.81. The first-order chi connectivity index (χ1) is 14.1. The average Bonchev–Trinajstić information content (AvgIpc) is 3.34. The molecule has 0 saturated heterocycles. The topological polar surface area (TPSA) is 62.3 Å². The molecule has 1 aliphatic heterocycles. The number of anilines is 1. The second kappa shape index (κ2) is 7.90. The maximum absolute atomic E-state index is 12.1. The zero-order valence-electron chi connectivity index (χ0n) is 15.9. The van der Waals surface area contributed by atoms with Crippen molar-refractivity contribution >= 4 is 28.8 Å². The molecule has 0 fully saturated rings. The van der Waals surface area contributed by atoms with E-state index in [1.54, 1.807) is 10.3 Å². The van der Waals surface area contributed by atoms with Crippen molar-refractivity contribution in [1.82, 2.24) is 10.3 Å². The van der Waals surface area contributed by atoms with E-state index in [2.05, 4.69) is 46.6 Å². The van der Waals surface area contributed by atoms with Crippen LogP contribution in [-0.2, 0) is 17.6 Å². The molecule has 1 aliphatic rings. The highest BCUT2D eigenvalue weighted by molar-refractivity contribution is 7.10. The van der Waals surface area contributed by atoms with Crippen LogP contribution in [0.2, 0.25) is 0 Å². The van der Waals surface area contributed by atoms with E-state index in [9.17, 15) is 9.59 Å². The summed E-state index contributed by atoms with van der Waals surface area (Å²) in [6, 6.07) is 14.3. The fourth-order valence-electron chi connectivity index (χ4n) is 3.46. The molecule has 29 heavy (non-hydrogen) atoms. The summed E-state index contributed by atoms with van der Waals surface area (Å²) in [5.41, 5.74) is 5.71. The van der Waals surface area contributed by atoms with Crippen molar-refractivity contribution in [2.24, 2.45) is 0 Å². The van der Waals surface area contributed by atoms with Crippen LogP contribution in [0.4, 0.5) is 5.69 Å². The molecular formula is C23H19N3O2S. The van der Waals surface area contributed by atoms with Crippen molar-refractivity contribution in [3.8, 4) is 23.5 Å². The molecule has 4 rings (SSSR count). The van der Waals surface area contributed by atoms with Crippen LogP contribution in [0.1, 0.15) is 26.6 Å². The highest BCUT2D eigenvalue weighted by Gasteiger charge is 2.26. The van der Waals surface area contributed by atoms with Gasteiger partial charge in [-0.2, -0.15) is 0 Å². The monoisotopic (exact) mass is 401 g/mol. The number of hydrogen-bond donors (Lipinski definition) is 1. The van der Waals surface area contributed by atoms with Crippen molar-refractivity contribution in [2.75, 3.05) is 18.5 Å². The van der Waals surface area contributed by atoms with Crippen molar-refractivity contribution in [1.29, 1.82) is 0 Å². The van der Waals surface area contributed by atoms with Crippen LogP contribution in [0, 0.1) is 12.3 Å². The van der Waals surface area contributed by atoms with E-state index < -0.39 is 0 Å². The Bertz CT molecular complexity index is 1130. The van der Waals surface area contributed by atoms with E-state index in [0.29, 0.717) is 30.1 Å². The third kappa shape index (κ3) is 3.78. The standard InChI is InChI=1S/C23H19N3O2S/c1-3-21-25-19(14-29-21)23(28)24-12-11-15-7-9-16(10-8-15)17-5-4-6-20-18(17)13-22(27)26(20)2/h1,4-10,14H,11-13H2,2H3,(H,24,28). The highest BCUT2D eigenvalue weighted by Crippen LogP contribution is 2.35. The molecule has 6 heteroatoms. The second-order valence-electron chi connectivity index (χ2n) is 6.82. The minimum atomic E-state index is -0.215. The zero-order chi connectivity index (χ0) is 20.4.